The summed E-state index contributed by atoms with van der Waals surface area (Å²) < 4.78 is 33.7. The Hall–Kier alpha value is -3.50. The van der Waals surface area contributed by atoms with Gasteiger partial charge in [0, 0.05) is 31.8 Å². The van der Waals surface area contributed by atoms with E-state index in [1.807, 2.05) is 18.2 Å². The van der Waals surface area contributed by atoms with Crippen LogP contribution in [0.4, 0.5) is 20.3 Å². The van der Waals surface area contributed by atoms with Crippen molar-refractivity contribution in [3.05, 3.63) is 92.1 Å². The van der Waals surface area contributed by atoms with Crippen LogP contribution in [0.3, 0.4) is 0 Å². The van der Waals surface area contributed by atoms with E-state index in [1.165, 1.54) is 12.0 Å². The highest BCUT2D eigenvalue weighted by Gasteiger charge is 2.24. The molecule has 0 bridgehead atoms. The summed E-state index contributed by atoms with van der Waals surface area (Å²) in [5.41, 5.74) is 5.35. The van der Waals surface area contributed by atoms with Crippen molar-refractivity contribution in [3.63, 3.8) is 0 Å². The number of aliphatic hydroxyl groups is 1. The standard InChI is InChI=1S/C22H24F2N4O4/c1-32-10-9-28-20(25)19(21(30)26-22(28)31)27(12-14-5-3-2-4-6-14)13-18(29)16-8-7-15(23)11-17(16)24/h2-8,11,18,29H,9-10,12-13,25H2,1H3,(H,26,30,31). The third-order valence-electron chi connectivity index (χ3n) is 4.98. The minimum atomic E-state index is -1.41. The second-order valence-corrected chi connectivity index (χ2v) is 7.19. The van der Waals surface area contributed by atoms with E-state index in [1.54, 1.807) is 12.1 Å². The number of rotatable bonds is 9. The maximum Gasteiger partial charge on any atom is 0.330 e. The number of halogens is 2. The summed E-state index contributed by atoms with van der Waals surface area (Å²) in [5.74, 6) is -1.80. The molecule has 3 rings (SSSR count). The van der Waals surface area contributed by atoms with Crippen LogP contribution < -0.4 is 21.9 Å². The summed E-state index contributed by atoms with van der Waals surface area (Å²) in [6.45, 7) is 0.167. The van der Waals surface area contributed by atoms with Crippen LogP contribution >= 0.6 is 0 Å². The first-order valence-electron chi connectivity index (χ1n) is 9.85. The minimum Gasteiger partial charge on any atom is -0.386 e. The van der Waals surface area contributed by atoms with E-state index in [0.29, 0.717) is 6.07 Å². The second kappa shape index (κ2) is 10.2. The van der Waals surface area contributed by atoms with E-state index in [4.69, 9.17) is 10.5 Å². The van der Waals surface area contributed by atoms with Crippen LogP contribution in [0.15, 0.2) is 58.1 Å². The summed E-state index contributed by atoms with van der Waals surface area (Å²) in [6.07, 6.45) is -1.41. The largest absolute Gasteiger partial charge is 0.386 e. The van der Waals surface area contributed by atoms with E-state index >= 15 is 0 Å². The van der Waals surface area contributed by atoms with Gasteiger partial charge in [0.25, 0.3) is 5.56 Å². The maximum atomic E-state index is 14.2. The fourth-order valence-electron chi connectivity index (χ4n) is 3.41. The molecule has 1 atom stereocenters. The molecular weight excluding hydrogens is 422 g/mol. The van der Waals surface area contributed by atoms with E-state index in [2.05, 4.69) is 4.98 Å². The van der Waals surface area contributed by atoms with Gasteiger partial charge in [-0.05, 0) is 11.6 Å². The quantitative estimate of drug-likeness (QED) is 0.462. The van der Waals surface area contributed by atoms with Crippen molar-refractivity contribution < 1.29 is 18.6 Å². The summed E-state index contributed by atoms with van der Waals surface area (Å²) in [5, 5.41) is 10.7. The minimum absolute atomic E-state index is 0.0499. The van der Waals surface area contributed by atoms with Gasteiger partial charge >= 0.3 is 5.69 Å². The number of nitrogens with two attached hydrogens (primary N) is 1. The highest BCUT2D eigenvalue weighted by molar-refractivity contribution is 5.62. The van der Waals surface area contributed by atoms with E-state index in [-0.39, 0.29) is 43.3 Å². The van der Waals surface area contributed by atoms with Crippen LogP contribution in [0.5, 0.6) is 0 Å². The monoisotopic (exact) mass is 446 g/mol. The number of H-pyrrole nitrogens is 1. The number of aliphatic hydroxyl groups excluding tert-OH is 1. The SMILES string of the molecule is COCCn1c(N)c(N(Cc2ccccc2)CC(O)c2ccc(F)cc2F)c(=O)[nH]c1=O. The number of ether oxygens (including phenoxy) is 1. The Balaban J connectivity index is 2.05. The smallest absolute Gasteiger partial charge is 0.330 e. The predicted octanol–water partition coefficient (Wildman–Crippen LogP) is 1.78. The number of nitrogen functional groups attached to an aromatic ring is 1. The van der Waals surface area contributed by atoms with Crippen molar-refractivity contribution >= 4 is 11.5 Å². The summed E-state index contributed by atoms with van der Waals surface area (Å²) in [7, 11) is 1.46. The molecule has 0 spiro atoms. The van der Waals surface area contributed by atoms with Gasteiger partial charge in [-0.15, -0.1) is 0 Å². The van der Waals surface area contributed by atoms with Gasteiger partial charge in [0.05, 0.1) is 19.3 Å². The number of hydrogen-bond donors (Lipinski definition) is 3. The average Bonchev–Trinajstić information content (AvgIpc) is 2.74. The Labute approximate surface area is 182 Å². The number of aromatic nitrogens is 2. The van der Waals surface area contributed by atoms with Gasteiger partial charge in [-0.1, -0.05) is 36.4 Å². The lowest BCUT2D eigenvalue weighted by molar-refractivity contribution is 0.177. The summed E-state index contributed by atoms with van der Waals surface area (Å²) >= 11 is 0. The van der Waals surface area contributed by atoms with Gasteiger partial charge in [-0.2, -0.15) is 0 Å². The van der Waals surface area contributed by atoms with Crippen LogP contribution in [0.1, 0.15) is 17.2 Å². The van der Waals surface area contributed by atoms with Crippen molar-refractivity contribution in [2.24, 2.45) is 0 Å². The molecule has 10 heteroatoms. The molecule has 32 heavy (non-hydrogen) atoms. The first kappa shape index (κ1) is 23.2. The molecule has 0 aliphatic heterocycles. The Morgan fingerprint density at radius 3 is 2.56 bits per heavy atom. The molecule has 8 nitrogen and oxygen atoms in total. The van der Waals surface area contributed by atoms with Crippen LogP contribution in [0.25, 0.3) is 0 Å². The number of benzene rings is 2. The highest BCUT2D eigenvalue weighted by Crippen LogP contribution is 2.25. The van der Waals surface area contributed by atoms with Crippen molar-refractivity contribution in [3.8, 4) is 0 Å². The second-order valence-electron chi connectivity index (χ2n) is 7.19. The van der Waals surface area contributed by atoms with Crippen molar-refractivity contribution in [2.75, 3.05) is 30.9 Å². The molecule has 0 saturated carbocycles. The topological polar surface area (TPSA) is 114 Å². The number of methoxy groups -OCH3 is 1. The molecule has 0 radical (unpaired) electrons. The van der Waals surface area contributed by atoms with Crippen LogP contribution in [-0.4, -0.2) is 34.9 Å². The molecule has 1 unspecified atom stereocenters. The van der Waals surface area contributed by atoms with Gasteiger partial charge < -0.3 is 20.5 Å². The molecule has 0 aliphatic carbocycles. The zero-order chi connectivity index (χ0) is 23.3. The van der Waals surface area contributed by atoms with Crippen LogP contribution in [0.2, 0.25) is 0 Å². The lowest BCUT2D eigenvalue weighted by atomic mass is 10.1. The zero-order valence-electron chi connectivity index (χ0n) is 17.4. The fourth-order valence-corrected chi connectivity index (χ4v) is 3.41. The van der Waals surface area contributed by atoms with E-state index < -0.39 is 29.0 Å². The highest BCUT2D eigenvalue weighted by atomic mass is 19.1. The van der Waals surface area contributed by atoms with Crippen LogP contribution in [0, 0.1) is 11.6 Å². The number of nitrogens with zero attached hydrogens (tertiary/aromatic N) is 2. The normalized spacial score (nSPS) is 12.0. The Morgan fingerprint density at radius 2 is 1.91 bits per heavy atom. The third kappa shape index (κ3) is 5.21. The molecule has 0 amide bonds. The van der Waals surface area contributed by atoms with Crippen molar-refractivity contribution in [2.45, 2.75) is 19.2 Å². The van der Waals surface area contributed by atoms with Gasteiger partial charge in [0.2, 0.25) is 0 Å². The molecule has 1 heterocycles. The van der Waals surface area contributed by atoms with E-state index in [9.17, 15) is 23.5 Å². The van der Waals surface area contributed by atoms with Crippen LogP contribution in [-0.2, 0) is 17.8 Å². The molecule has 0 aliphatic rings. The summed E-state index contributed by atoms with van der Waals surface area (Å²) in [6, 6.07) is 11.9. The average molecular weight is 446 g/mol. The van der Waals surface area contributed by atoms with Gasteiger partial charge in [0.15, 0.2) is 0 Å². The van der Waals surface area contributed by atoms with Gasteiger partial charge in [-0.25, -0.2) is 13.6 Å². The molecular formula is C22H24F2N4O4. The number of hydrogen-bond acceptors (Lipinski definition) is 6. The number of anilines is 2. The molecule has 4 N–H and O–H groups in total. The first-order valence-corrected chi connectivity index (χ1v) is 9.85. The van der Waals surface area contributed by atoms with Crippen molar-refractivity contribution in [1.29, 1.82) is 0 Å². The Kier molecular flexibility index (Phi) is 7.39. The van der Waals surface area contributed by atoms with E-state index in [0.717, 1.165) is 22.3 Å². The third-order valence-corrected chi connectivity index (χ3v) is 4.98. The molecule has 0 saturated heterocycles. The predicted molar refractivity (Wildman–Crippen MR) is 116 cm³/mol. The fraction of sp³-hybridized carbons (Fsp3) is 0.273. The Bertz CT molecular complexity index is 1180. The number of nitrogens with one attached hydrogen (secondary N) is 1. The maximum absolute atomic E-state index is 14.2. The molecule has 3 aromatic rings. The lowest BCUT2D eigenvalue weighted by Gasteiger charge is -2.28. The molecule has 2 aromatic carbocycles. The molecule has 1 aromatic heterocycles. The number of aromatic amines is 1. The summed E-state index contributed by atoms with van der Waals surface area (Å²) in [4.78, 5) is 28.6. The Morgan fingerprint density at radius 1 is 1.19 bits per heavy atom. The first-order chi connectivity index (χ1) is 15.3. The lowest BCUT2D eigenvalue weighted by Crippen LogP contribution is -2.40. The zero-order valence-corrected chi connectivity index (χ0v) is 17.4. The van der Waals surface area contributed by atoms with Gasteiger partial charge in [-0.3, -0.25) is 14.3 Å². The molecule has 170 valence electrons. The van der Waals surface area contributed by atoms with Gasteiger partial charge in [0.1, 0.15) is 23.1 Å². The molecule has 0 fully saturated rings. The van der Waals surface area contributed by atoms with Crippen molar-refractivity contribution in [1.82, 2.24) is 9.55 Å².